The van der Waals surface area contributed by atoms with Gasteiger partial charge in [0.15, 0.2) is 11.6 Å². The number of hydrogen-bond donors (Lipinski definition) is 4. The largest absolute Gasteiger partial charge is 0.497 e. The Morgan fingerprint density at radius 2 is 1.95 bits per heavy atom. The molecule has 2 aromatic carbocycles. The number of aromatic nitrogens is 1. The Kier molecular flexibility index (Phi) is 9.46. The number of fused-ring (bicyclic) bond motifs is 1. The number of carbonyl (C=O) groups excluding carboxylic acids is 1. The van der Waals surface area contributed by atoms with E-state index < -0.39 is 40.6 Å². The average molecular weight is 564 g/mol. The first-order chi connectivity index (χ1) is 19.2. The zero-order valence-electron chi connectivity index (χ0n) is 22.0. The standard InChI is InChI=1S/C28H32F3N3O6/c1-39-19-2-3-22-20(14-19)25(17(16-35)15-32-22)23(36)4-5-28(27(37)33-38)6-8-34(9-7-28)10-11-40-24-13-18(29)12-21(30)26(24)31/h2-3,12-15,23,35-36,38H,4-11,16H2,1H3,(H,33,37)/t23-/m1/s1. The van der Waals surface area contributed by atoms with Crippen molar-refractivity contribution in [1.29, 1.82) is 0 Å². The second-order valence-electron chi connectivity index (χ2n) is 9.90. The lowest BCUT2D eigenvalue weighted by Gasteiger charge is -2.40. The number of methoxy groups -OCH3 is 1. The van der Waals surface area contributed by atoms with E-state index >= 15 is 0 Å². The Labute approximate surface area is 229 Å². The van der Waals surface area contributed by atoms with Gasteiger partial charge in [0.1, 0.15) is 18.2 Å². The molecule has 4 rings (SSSR count). The predicted molar refractivity (Wildman–Crippen MR) is 138 cm³/mol. The van der Waals surface area contributed by atoms with E-state index in [1.807, 2.05) is 4.90 Å². The van der Waals surface area contributed by atoms with Crippen molar-refractivity contribution in [3.63, 3.8) is 0 Å². The number of benzene rings is 2. The summed E-state index contributed by atoms with van der Waals surface area (Å²) in [5.74, 6) is -4.05. The molecule has 1 saturated heterocycles. The highest BCUT2D eigenvalue weighted by Gasteiger charge is 2.41. The minimum atomic E-state index is -1.33. The molecule has 1 amide bonds. The van der Waals surface area contributed by atoms with E-state index in [0.717, 1.165) is 6.07 Å². The number of nitrogens with zero attached hydrogens (tertiary/aromatic N) is 2. The molecule has 40 heavy (non-hydrogen) atoms. The first-order valence-corrected chi connectivity index (χ1v) is 12.9. The lowest BCUT2D eigenvalue weighted by Crippen LogP contribution is -2.49. The molecule has 0 saturated carbocycles. The van der Waals surface area contributed by atoms with Crippen LogP contribution in [0.1, 0.15) is 42.9 Å². The first-order valence-electron chi connectivity index (χ1n) is 12.9. The van der Waals surface area contributed by atoms with Crippen LogP contribution in [0.4, 0.5) is 13.2 Å². The Morgan fingerprint density at radius 1 is 1.20 bits per heavy atom. The molecule has 4 N–H and O–H groups in total. The summed E-state index contributed by atoms with van der Waals surface area (Å²) in [7, 11) is 1.52. The third-order valence-electron chi connectivity index (χ3n) is 7.62. The number of ether oxygens (including phenoxy) is 2. The van der Waals surface area contributed by atoms with Crippen LogP contribution < -0.4 is 15.0 Å². The number of piperidine rings is 1. The quantitative estimate of drug-likeness (QED) is 0.158. The lowest BCUT2D eigenvalue weighted by atomic mass is 9.73. The zero-order chi connectivity index (χ0) is 28.9. The summed E-state index contributed by atoms with van der Waals surface area (Å²) in [6, 6.07) is 6.46. The number of nitrogens with one attached hydrogen (secondary N) is 1. The SMILES string of the molecule is COc1ccc2ncc(CO)c([C@H](O)CCC3(C(=O)NO)CCN(CCOc4cc(F)cc(F)c4F)CC3)c2c1. The first kappa shape index (κ1) is 29.5. The van der Waals surface area contributed by atoms with Crippen LogP contribution in [0.3, 0.4) is 0 Å². The van der Waals surface area contributed by atoms with Gasteiger partial charge in [-0.25, -0.2) is 14.3 Å². The van der Waals surface area contributed by atoms with Crippen LogP contribution in [-0.2, 0) is 11.4 Å². The molecule has 9 nitrogen and oxygen atoms in total. The molecule has 2 heterocycles. The van der Waals surface area contributed by atoms with Crippen LogP contribution in [0.2, 0.25) is 0 Å². The van der Waals surface area contributed by atoms with Crippen molar-refractivity contribution in [3.8, 4) is 11.5 Å². The monoisotopic (exact) mass is 563 g/mol. The van der Waals surface area contributed by atoms with Gasteiger partial charge in [-0.1, -0.05) is 0 Å². The summed E-state index contributed by atoms with van der Waals surface area (Å²) in [6.07, 6.45) is 1.60. The molecule has 0 spiro atoms. The summed E-state index contributed by atoms with van der Waals surface area (Å²) in [4.78, 5) is 19.1. The van der Waals surface area contributed by atoms with Crippen molar-refractivity contribution in [3.05, 3.63) is 65.1 Å². The van der Waals surface area contributed by atoms with Gasteiger partial charge in [0.05, 0.1) is 30.8 Å². The minimum absolute atomic E-state index is 0.0275. The highest BCUT2D eigenvalue weighted by molar-refractivity contribution is 5.85. The maximum Gasteiger partial charge on any atom is 0.249 e. The number of aliphatic hydroxyl groups is 2. The van der Waals surface area contributed by atoms with E-state index in [0.29, 0.717) is 66.3 Å². The smallest absolute Gasteiger partial charge is 0.249 e. The molecule has 1 aliphatic heterocycles. The van der Waals surface area contributed by atoms with Crippen LogP contribution in [0.15, 0.2) is 36.5 Å². The second kappa shape index (κ2) is 12.8. The molecule has 1 aromatic heterocycles. The Bertz CT molecular complexity index is 1350. The molecule has 12 heteroatoms. The molecule has 0 unspecified atom stereocenters. The average Bonchev–Trinajstić information content (AvgIpc) is 2.97. The molecule has 0 bridgehead atoms. The third kappa shape index (κ3) is 6.30. The number of likely N-dealkylation sites (tertiary alicyclic amines) is 1. The van der Waals surface area contributed by atoms with Crippen LogP contribution in [-0.4, -0.2) is 64.6 Å². The summed E-state index contributed by atoms with van der Waals surface area (Å²) in [5.41, 5.74) is 2.37. The number of carbonyl (C=O) groups is 1. The minimum Gasteiger partial charge on any atom is -0.497 e. The van der Waals surface area contributed by atoms with Gasteiger partial charge in [0.2, 0.25) is 11.7 Å². The highest BCUT2D eigenvalue weighted by atomic mass is 19.2. The van der Waals surface area contributed by atoms with E-state index in [2.05, 4.69) is 4.98 Å². The summed E-state index contributed by atoms with van der Waals surface area (Å²) >= 11 is 0. The molecule has 1 atom stereocenters. The number of aliphatic hydroxyl groups excluding tert-OH is 2. The number of pyridine rings is 1. The van der Waals surface area contributed by atoms with Gasteiger partial charge in [-0.2, -0.15) is 4.39 Å². The number of hydrogen-bond acceptors (Lipinski definition) is 8. The zero-order valence-corrected chi connectivity index (χ0v) is 22.0. The fraction of sp³-hybridized carbons (Fsp3) is 0.429. The fourth-order valence-corrected chi connectivity index (χ4v) is 5.27. The van der Waals surface area contributed by atoms with Crippen molar-refractivity contribution in [2.75, 3.05) is 33.4 Å². The number of amides is 1. The van der Waals surface area contributed by atoms with E-state index in [1.54, 1.807) is 23.7 Å². The molecule has 3 aromatic rings. The summed E-state index contributed by atoms with van der Waals surface area (Å²) in [5, 5.41) is 31.3. The maximum atomic E-state index is 13.8. The van der Waals surface area contributed by atoms with Crippen LogP contribution in [0.25, 0.3) is 10.9 Å². The highest BCUT2D eigenvalue weighted by Crippen LogP contribution is 2.40. The molecular weight excluding hydrogens is 531 g/mol. The normalized spacial score (nSPS) is 16.1. The molecular formula is C28H32F3N3O6. The Hall–Kier alpha value is -3.45. The number of halogens is 3. The van der Waals surface area contributed by atoms with Crippen molar-refractivity contribution < 1.29 is 42.9 Å². The second-order valence-corrected chi connectivity index (χ2v) is 9.90. The van der Waals surface area contributed by atoms with Crippen molar-refractivity contribution in [2.45, 2.75) is 38.4 Å². The van der Waals surface area contributed by atoms with Gasteiger partial charge in [0.25, 0.3) is 0 Å². The van der Waals surface area contributed by atoms with E-state index in [-0.39, 0.29) is 26.1 Å². The molecule has 216 valence electrons. The lowest BCUT2D eigenvalue weighted by molar-refractivity contribution is -0.144. The van der Waals surface area contributed by atoms with Crippen LogP contribution in [0.5, 0.6) is 11.5 Å². The van der Waals surface area contributed by atoms with Crippen molar-refractivity contribution in [1.82, 2.24) is 15.4 Å². The van der Waals surface area contributed by atoms with Gasteiger partial charge < -0.3 is 19.7 Å². The van der Waals surface area contributed by atoms with E-state index in [1.165, 1.54) is 13.3 Å². The summed E-state index contributed by atoms with van der Waals surface area (Å²) in [6.45, 7) is 0.828. The van der Waals surface area contributed by atoms with Crippen molar-refractivity contribution in [2.24, 2.45) is 5.41 Å². The van der Waals surface area contributed by atoms with Gasteiger partial charge in [-0.15, -0.1) is 0 Å². The van der Waals surface area contributed by atoms with Gasteiger partial charge >= 0.3 is 0 Å². The molecule has 1 aliphatic rings. The molecule has 0 radical (unpaired) electrons. The number of hydroxylamine groups is 1. The Morgan fingerprint density at radius 3 is 2.62 bits per heavy atom. The summed E-state index contributed by atoms with van der Waals surface area (Å²) < 4.78 is 51.2. The van der Waals surface area contributed by atoms with Gasteiger partial charge in [0, 0.05) is 35.8 Å². The number of rotatable bonds is 11. The van der Waals surface area contributed by atoms with Gasteiger partial charge in [-0.3, -0.25) is 19.9 Å². The third-order valence-corrected chi connectivity index (χ3v) is 7.62. The molecule has 1 fully saturated rings. The molecule has 0 aliphatic carbocycles. The van der Waals surface area contributed by atoms with Crippen molar-refractivity contribution >= 4 is 16.8 Å². The van der Waals surface area contributed by atoms with E-state index in [4.69, 9.17) is 9.47 Å². The van der Waals surface area contributed by atoms with E-state index in [9.17, 15) is 33.4 Å². The Balaban J connectivity index is 1.42. The van der Waals surface area contributed by atoms with Crippen LogP contribution in [0, 0.1) is 22.9 Å². The predicted octanol–water partition coefficient (Wildman–Crippen LogP) is 3.63. The topological polar surface area (TPSA) is 124 Å². The fourth-order valence-electron chi connectivity index (χ4n) is 5.27. The maximum absolute atomic E-state index is 13.8. The van der Waals surface area contributed by atoms with Gasteiger partial charge in [-0.05, 0) is 62.5 Å². The van der Waals surface area contributed by atoms with Crippen LogP contribution >= 0.6 is 0 Å².